The van der Waals surface area contributed by atoms with E-state index in [1.54, 1.807) is 18.2 Å². The van der Waals surface area contributed by atoms with E-state index < -0.39 is 6.03 Å². The van der Waals surface area contributed by atoms with Gasteiger partial charge in [0.25, 0.3) is 0 Å². The summed E-state index contributed by atoms with van der Waals surface area (Å²) < 4.78 is 0.665. The lowest BCUT2D eigenvalue weighted by Gasteiger charge is -2.08. The van der Waals surface area contributed by atoms with E-state index in [9.17, 15) is 9.90 Å². The van der Waals surface area contributed by atoms with Crippen LogP contribution in [0.15, 0.2) is 46.9 Å². The standard InChI is InChI=1S/C14H14BrN3O2/c15-12-7-9(1-6-13(12)19)8-17-10-2-4-11(5-3-10)18-14(16)20/h1-7,17,19H,8H2,(H3,16,18,20). The minimum atomic E-state index is -0.584. The van der Waals surface area contributed by atoms with Crippen molar-refractivity contribution in [2.75, 3.05) is 10.6 Å². The van der Waals surface area contributed by atoms with Gasteiger partial charge in [-0.3, -0.25) is 0 Å². The molecule has 5 nitrogen and oxygen atoms in total. The molecule has 0 saturated carbocycles. The first-order chi connectivity index (χ1) is 9.54. The molecule has 0 radical (unpaired) electrons. The van der Waals surface area contributed by atoms with Crippen LogP contribution < -0.4 is 16.4 Å². The summed E-state index contributed by atoms with van der Waals surface area (Å²) in [5, 5.41) is 15.2. The van der Waals surface area contributed by atoms with Gasteiger partial charge in [0.05, 0.1) is 4.47 Å². The summed E-state index contributed by atoms with van der Waals surface area (Å²) in [6.07, 6.45) is 0. The fraction of sp³-hybridized carbons (Fsp3) is 0.0714. The zero-order valence-electron chi connectivity index (χ0n) is 10.6. The molecule has 20 heavy (non-hydrogen) atoms. The van der Waals surface area contributed by atoms with Gasteiger partial charge in [0.1, 0.15) is 5.75 Å². The van der Waals surface area contributed by atoms with E-state index in [1.165, 1.54) is 0 Å². The van der Waals surface area contributed by atoms with Crippen molar-refractivity contribution in [1.29, 1.82) is 0 Å². The van der Waals surface area contributed by atoms with E-state index >= 15 is 0 Å². The third-order valence-corrected chi connectivity index (χ3v) is 3.30. The number of carbonyl (C=O) groups is 1. The van der Waals surface area contributed by atoms with Crippen molar-refractivity contribution >= 4 is 33.3 Å². The summed E-state index contributed by atoms with van der Waals surface area (Å²) in [5.74, 6) is 0.218. The molecule has 0 aliphatic carbocycles. The largest absolute Gasteiger partial charge is 0.507 e. The van der Waals surface area contributed by atoms with Gasteiger partial charge in [0, 0.05) is 17.9 Å². The Morgan fingerprint density at radius 2 is 1.80 bits per heavy atom. The maximum Gasteiger partial charge on any atom is 0.316 e. The SMILES string of the molecule is NC(=O)Nc1ccc(NCc2ccc(O)c(Br)c2)cc1. The smallest absolute Gasteiger partial charge is 0.316 e. The topological polar surface area (TPSA) is 87.4 Å². The molecule has 2 aromatic rings. The van der Waals surface area contributed by atoms with E-state index in [1.807, 2.05) is 24.3 Å². The monoisotopic (exact) mass is 335 g/mol. The predicted molar refractivity (Wildman–Crippen MR) is 82.8 cm³/mol. The highest BCUT2D eigenvalue weighted by atomic mass is 79.9. The number of carbonyl (C=O) groups excluding carboxylic acids is 1. The van der Waals surface area contributed by atoms with Crippen LogP contribution in [0.25, 0.3) is 0 Å². The fourth-order valence-corrected chi connectivity index (χ4v) is 2.10. The molecule has 2 rings (SSSR count). The van der Waals surface area contributed by atoms with E-state index in [0.29, 0.717) is 16.7 Å². The minimum absolute atomic E-state index is 0.218. The first-order valence-corrected chi connectivity index (χ1v) is 6.71. The van der Waals surface area contributed by atoms with Gasteiger partial charge in [0.15, 0.2) is 0 Å². The number of hydrogen-bond acceptors (Lipinski definition) is 3. The van der Waals surface area contributed by atoms with Gasteiger partial charge >= 0.3 is 6.03 Å². The molecule has 104 valence electrons. The predicted octanol–water partition coefficient (Wildman–Crippen LogP) is 3.26. The zero-order valence-corrected chi connectivity index (χ0v) is 12.1. The summed E-state index contributed by atoms with van der Waals surface area (Å²) >= 11 is 3.27. The Morgan fingerprint density at radius 3 is 2.40 bits per heavy atom. The number of primary amides is 1. The number of aromatic hydroxyl groups is 1. The maximum absolute atomic E-state index is 10.7. The number of amides is 2. The molecule has 0 aromatic heterocycles. The first kappa shape index (κ1) is 14.2. The van der Waals surface area contributed by atoms with Crippen LogP contribution in [0.1, 0.15) is 5.56 Å². The molecule has 6 heteroatoms. The van der Waals surface area contributed by atoms with Crippen LogP contribution in [0.3, 0.4) is 0 Å². The van der Waals surface area contributed by atoms with Gasteiger partial charge in [0.2, 0.25) is 0 Å². The normalized spacial score (nSPS) is 10.1. The lowest BCUT2D eigenvalue weighted by atomic mass is 10.2. The summed E-state index contributed by atoms with van der Waals surface area (Å²) in [7, 11) is 0. The number of hydrogen-bond donors (Lipinski definition) is 4. The number of anilines is 2. The second kappa shape index (κ2) is 6.29. The van der Waals surface area contributed by atoms with Gasteiger partial charge < -0.3 is 21.5 Å². The van der Waals surface area contributed by atoms with Gasteiger partial charge in [-0.05, 0) is 57.9 Å². The number of phenolic OH excluding ortho intramolecular Hbond substituents is 1. The van der Waals surface area contributed by atoms with Crippen molar-refractivity contribution in [3.8, 4) is 5.75 Å². The third kappa shape index (κ3) is 3.89. The first-order valence-electron chi connectivity index (χ1n) is 5.92. The number of phenols is 1. The van der Waals surface area contributed by atoms with Gasteiger partial charge in [-0.25, -0.2) is 4.79 Å². The number of nitrogens with two attached hydrogens (primary N) is 1. The quantitative estimate of drug-likeness (QED) is 0.691. The summed E-state index contributed by atoms with van der Waals surface area (Å²) in [6.45, 7) is 0.626. The Bertz CT molecular complexity index is 614. The number of urea groups is 1. The van der Waals surface area contributed by atoms with Crippen LogP contribution in [0.2, 0.25) is 0 Å². The van der Waals surface area contributed by atoms with Crippen molar-refractivity contribution < 1.29 is 9.90 Å². The number of nitrogens with one attached hydrogen (secondary N) is 2. The lowest BCUT2D eigenvalue weighted by Crippen LogP contribution is -2.19. The maximum atomic E-state index is 10.7. The van der Waals surface area contributed by atoms with Gasteiger partial charge in [-0.15, -0.1) is 0 Å². The number of benzene rings is 2. The molecular formula is C14H14BrN3O2. The van der Waals surface area contributed by atoms with E-state index in [2.05, 4.69) is 26.6 Å². The van der Waals surface area contributed by atoms with Gasteiger partial charge in [-0.2, -0.15) is 0 Å². The zero-order chi connectivity index (χ0) is 14.5. The van der Waals surface area contributed by atoms with Crippen LogP contribution in [-0.2, 0) is 6.54 Å². The average Bonchev–Trinajstić information content (AvgIpc) is 2.41. The Labute approximate surface area is 124 Å². The van der Waals surface area contributed by atoms with Crippen LogP contribution in [0.4, 0.5) is 16.2 Å². The van der Waals surface area contributed by atoms with Crippen molar-refractivity contribution in [2.45, 2.75) is 6.54 Å². The Morgan fingerprint density at radius 1 is 1.15 bits per heavy atom. The van der Waals surface area contributed by atoms with Crippen molar-refractivity contribution in [3.05, 3.63) is 52.5 Å². The highest BCUT2D eigenvalue weighted by Gasteiger charge is 2.00. The van der Waals surface area contributed by atoms with Crippen LogP contribution in [0, 0.1) is 0 Å². The molecule has 0 bridgehead atoms. The number of rotatable bonds is 4. The molecule has 0 atom stereocenters. The Hall–Kier alpha value is -2.21. The molecule has 2 aromatic carbocycles. The molecule has 0 saturated heterocycles. The molecule has 0 unspecified atom stereocenters. The van der Waals surface area contributed by atoms with Crippen molar-refractivity contribution in [1.82, 2.24) is 0 Å². The summed E-state index contributed by atoms with van der Waals surface area (Å²) in [6, 6.07) is 12.0. The highest BCUT2D eigenvalue weighted by molar-refractivity contribution is 9.10. The van der Waals surface area contributed by atoms with Gasteiger partial charge in [-0.1, -0.05) is 6.07 Å². The minimum Gasteiger partial charge on any atom is -0.507 e. The highest BCUT2D eigenvalue weighted by Crippen LogP contribution is 2.24. The fourth-order valence-electron chi connectivity index (χ4n) is 1.68. The second-order valence-electron chi connectivity index (χ2n) is 4.21. The Balaban J connectivity index is 1.96. The third-order valence-electron chi connectivity index (χ3n) is 2.66. The molecule has 2 amide bonds. The average molecular weight is 336 g/mol. The van der Waals surface area contributed by atoms with E-state index in [-0.39, 0.29) is 5.75 Å². The molecule has 0 aliphatic rings. The molecule has 0 aliphatic heterocycles. The molecule has 0 heterocycles. The Kier molecular flexibility index (Phi) is 4.47. The molecule has 5 N–H and O–H groups in total. The second-order valence-corrected chi connectivity index (χ2v) is 5.06. The lowest BCUT2D eigenvalue weighted by molar-refractivity contribution is 0.259. The van der Waals surface area contributed by atoms with Crippen LogP contribution >= 0.6 is 15.9 Å². The summed E-state index contributed by atoms with van der Waals surface area (Å²) in [5.41, 5.74) is 7.64. The van der Waals surface area contributed by atoms with Crippen molar-refractivity contribution in [2.24, 2.45) is 5.73 Å². The number of halogens is 1. The van der Waals surface area contributed by atoms with E-state index in [0.717, 1.165) is 11.3 Å². The molecule has 0 fully saturated rings. The van der Waals surface area contributed by atoms with Crippen molar-refractivity contribution in [3.63, 3.8) is 0 Å². The summed E-state index contributed by atoms with van der Waals surface area (Å²) in [4.78, 5) is 10.7. The van der Waals surface area contributed by atoms with Crippen LogP contribution in [0.5, 0.6) is 5.75 Å². The molecule has 0 spiro atoms. The van der Waals surface area contributed by atoms with E-state index in [4.69, 9.17) is 5.73 Å². The van der Waals surface area contributed by atoms with Crippen LogP contribution in [-0.4, -0.2) is 11.1 Å². The molecular weight excluding hydrogens is 322 g/mol.